The number of nitrogens with one attached hydrogen (secondary N) is 1. The van der Waals surface area contributed by atoms with Crippen LogP contribution in [0.1, 0.15) is 51.4 Å². The normalized spacial score (nSPS) is 31.7. The van der Waals surface area contributed by atoms with Gasteiger partial charge in [0, 0.05) is 19.1 Å². The highest BCUT2D eigenvalue weighted by Gasteiger charge is 2.33. The van der Waals surface area contributed by atoms with E-state index in [0.29, 0.717) is 12.0 Å². The summed E-state index contributed by atoms with van der Waals surface area (Å²) in [5.41, 5.74) is 5.52. The lowest BCUT2D eigenvalue weighted by Gasteiger charge is -2.38. The van der Waals surface area contributed by atoms with Crippen molar-refractivity contribution in [2.45, 2.75) is 57.4 Å². The van der Waals surface area contributed by atoms with E-state index in [4.69, 9.17) is 5.73 Å². The molecule has 2 amide bonds. The van der Waals surface area contributed by atoms with Crippen molar-refractivity contribution in [3.8, 4) is 0 Å². The van der Waals surface area contributed by atoms with Crippen LogP contribution in [0.5, 0.6) is 0 Å². The molecule has 3 rings (SSSR count). The summed E-state index contributed by atoms with van der Waals surface area (Å²) < 4.78 is 0. The second-order valence-corrected chi connectivity index (χ2v) is 7.28. The number of urea groups is 1. The Morgan fingerprint density at radius 1 is 1.05 bits per heavy atom. The Kier molecular flexibility index (Phi) is 4.49. The Labute approximate surface area is 122 Å². The van der Waals surface area contributed by atoms with Crippen LogP contribution in [0, 0.1) is 17.8 Å². The molecule has 0 aromatic heterocycles. The molecule has 1 heterocycles. The number of rotatable bonds is 5. The van der Waals surface area contributed by atoms with Gasteiger partial charge in [0.25, 0.3) is 0 Å². The first-order valence-corrected chi connectivity index (χ1v) is 8.48. The molecule has 2 atom stereocenters. The molecular formula is C16H29N3O. The summed E-state index contributed by atoms with van der Waals surface area (Å²) in [6.45, 7) is 2.82. The van der Waals surface area contributed by atoms with E-state index < -0.39 is 0 Å². The van der Waals surface area contributed by atoms with E-state index in [1.54, 1.807) is 0 Å². The van der Waals surface area contributed by atoms with E-state index >= 15 is 0 Å². The maximum absolute atomic E-state index is 11.5. The minimum atomic E-state index is -0.238. The predicted molar refractivity (Wildman–Crippen MR) is 80.4 cm³/mol. The number of carbonyl (C=O) groups is 1. The molecule has 2 saturated carbocycles. The SMILES string of the molecule is NC(=O)N1CC(CC2CC2)CC(NCC2CCCC2)C1. The van der Waals surface area contributed by atoms with Gasteiger partial charge in [0.2, 0.25) is 0 Å². The molecule has 0 aromatic rings. The van der Waals surface area contributed by atoms with Crippen LogP contribution in [-0.2, 0) is 0 Å². The summed E-state index contributed by atoms with van der Waals surface area (Å²) >= 11 is 0. The first-order valence-electron chi connectivity index (χ1n) is 8.48. The van der Waals surface area contributed by atoms with E-state index in [-0.39, 0.29) is 6.03 Å². The number of amides is 2. The number of hydrogen-bond acceptors (Lipinski definition) is 2. The van der Waals surface area contributed by atoms with Crippen molar-refractivity contribution in [2.75, 3.05) is 19.6 Å². The zero-order valence-electron chi connectivity index (χ0n) is 12.5. The lowest BCUT2D eigenvalue weighted by molar-refractivity contribution is 0.145. The summed E-state index contributed by atoms with van der Waals surface area (Å²) in [6, 6.07) is 0.221. The van der Waals surface area contributed by atoms with E-state index in [2.05, 4.69) is 5.32 Å². The van der Waals surface area contributed by atoms with E-state index in [9.17, 15) is 4.79 Å². The number of carbonyl (C=O) groups excluding carboxylic acids is 1. The van der Waals surface area contributed by atoms with Crippen LogP contribution in [-0.4, -0.2) is 36.6 Å². The lowest BCUT2D eigenvalue weighted by atomic mass is 9.89. The molecule has 3 N–H and O–H groups in total. The topological polar surface area (TPSA) is 58.4 Å². The second-order valence-electron chi connectivity index (χ2n) is 7.28. The van der Waals surface area contributed by atoms with Gasteiger partial charge in [0.1, 0.15) is 0 Å². The number of primary amides is 1. The van der Waals surface area contributed by atoms with Crippen molar-refractivity contribution in [1.29, 1.82) is 0 Å². The molecule has 0 radical (unpaired) electrons. The zero-order chi connectivity index (χ0) is 13.9. The standard InChI is InChI=1S/C16H29N3O/c17-16(20)19-10-14(7-12-5-6-12)8-15(11-19)18-9-13-3-1-2-4-13/h12-15,18H,1-11H2,(H2,17,20). The molecule has 3 fully saturated rings. The Hall–Kier alpha value is -0.770. The zero-order valence-corrected chi connectivity index (χ0v) is 12.5. The molecule has 114 valence electrons. The maximum atomic E-state index is 11.5. The van der Waals surface area contributed by atoms with E-state index in [1.807, 2.05) is 4.90 Å². The predicted octanol–water partition coefficient (Wildman–Crippen LogP) is 2.34. The minimum absolute atomic E-state index is 0.238. The Bertz CT molecular complexity index is 337. The number of likely N-dealkylation sites (tertiary alicyclic amines) is 1. The van der Waals surface area contributed by atoms with Crippen molar-refractivity contribution < 1.29 is 4.79 Å². The molecule has 0 bridgehead atoms. The van der Waals surface area contributed by atoms with Gasteiger partial charge in [-0.15, -0.1) is 0 Å². The molecule has 20 heavy (non-hydrogen) atoms. The van der Waals surface area contributed by atoms with Crippen LogP contribution < -0.4 is 11.1 Å². The van der Waals surface area contributed by atoms with Crippen molar-refractivity contribution in [3.05, 3.63) is 0 Å². The van der Waals surface area contributed by atoms with Gasteiger partial charge in [-0.2, -0.15) is 0 Å². The molecule has 2 aliphatic carbocycles. The average Bonchev–Trinajstić information content (AvgIpc) is 3.08. The monoisotopic (exact) mass is 279 g/mol. The smallest absolute Gasteiger partial charge is 0.314 e. The highest BCUT2D eigenvalue weighted by molar-refractivity contribution is 5.72. The van der Waals surface area contributed by atoms with Crippen LogP contribution >= 0.6 is 0 Å². The molecule has 4 heteroatoms. The van der Waals surface area contributed by atoms with Crippen LogP contribution in [0.25, 0.3) is 0 Å². The van der Waals surface area contributed by atoms with Crippen LogP contribution in [0.3, 0.4) is 0 Å². The fourth-order valence-corrected chi connectivity index (χ4v) is 4.08. The average molecular weight is 279 g/mol. The van der Waals surface area contributed by atoms with Gasteiger partial charge in [0.05, 0.1) is 0 Å². The second kappa shape index (κ2) is 6.33. The van der Waals surface area contributed by atoms with Gasteiger partial charge in [-0.3, -0.25) is 0 Å². The highest BCUT2D eigenvalue weighted by atomic mass is 16.2. The molecule has 4 nitrogen and oxygen atoms in total. The summed E-state index contributed by atoms with van der Waals surface area (Å²) in [5.74, 6) is 2.45. The van der Waals surface area contributed by atoms with Gasteiger partial charge in [-0.05, 0) is 50.0 Å². The molecule has 2 unspecified atom stereocenters. The third kappa shape index (κ3) is 3.87. The van der Waals surface area contributed by atoms with Crippen molar-refractivity contribution >= 4 is 6.03 Å². The molecular weight excluding hydrogens is 250 g/mol. The first-order chi connectivity index (χ1) is 9.70. The van der Waals surface area contributed by atoms with Crippen molar-refractivity contribution in [2.24, 2.45) is 23.5 Å². The van der Waals surface area contributed by atoms with Crippen LogP contribution in [0.4, 0.5) is 4.79 Å². The van der Waals surface area contributed by atoms with Crippen molar-refractivity contribution in [3.63, 3.8) is 0 Å². The van der Waals surface area contributed by atoms with Crippen LogP contribution in [0.2, 0.25) is 0 Å². The fraction of sp³-hybridized carbons (Fsp3) is 0.938. The maximum Gasteiger partial charge on any atom is 0.314 e. The van der Waals surface area contributed by atoms with Gasteiger partial charge in [-0.25, -0.2) is 4.79 Å². The first kappa shape index (κ1) is 14.2. The largest absolute Gasteiger partial charge is 0.351 e. The van der Waals surface area contributed by atoms with E-state index in [1.165, 1.54) is 51.4 Å². The van der Waals surface area contributed by atoms with Crippen LogP contribution in [0.15, 0.2) is 0 Å². The fourth-order valence-electron chi connectivity index (χ4n) is 4.08. The summed E-state index contributed by atoms with van der Waals surface area (Å²) in [6.07, 6.45) is 10.9. The van der Waals surface area contributed by atoms with Gasteiger partial charge < -0.3 is 16.0 Å². The number of hydrogen-bond donors (Lipinski definition) is 2. The van der Waals surface area contributed by atoms with Gasteiger partial charge in [0.15, 0.2) is 0 Å². The minimum Gasteiger partial charge on any atom is -0.351 e. The Morgan fingerprint density at radius 3 is 2.45 bits per heavy atom. The third-order valence-corrected chi connectivity index (χ3v) is 5.38. The Balaban J connectivity index is 1.49. The number of nitrogens with two attached hydrogens (primary N) is 1. The summed E-state index contributed by atoms with van der Waals surface area (Å²) in [4.78, 5) is 13.4. The highest BCUT2D eigenvalue weighted by Crippen LogP contribution is 2.37. The molecule has 3 aliphatic rings. The van der Waals surface area contributed by atoms with Crippen molar-refractivity contribution in [1.82, 2.24) is 10.2 Å². The third-order valence-electron chi connectivity index (χ3n) is 5.38. The summed E-state index contributed by atoms with van der Waals surface area (Å²) in [7, 11) is 0. The molecule has 1 saturated heterocycles. The van der Waals surface area contributed by atoms with E-state index in [0.717, 1.165) is 31.5 Å². The lowest BCUT2D eigenvalue weighted by Crippen LogP contribution is -2.53. The quantitative estimate of drug-likeness (QED) is 0.811. The molecule has 0 aromatic carbocycles. The van der Waals surface area contributed by atoms with Gasteiger partial charge in [-0.1, -0.05) is 25.7 Å². The molecule has 0 spiro atoms. The number of nitrogens with zero attached hydrogens (tertiary/aromatic N) is 1. The number of piperidine rings is 1. The Morgan fingerprint density at radius 2 is 1.80 bits per heavy atom. The van der Waals surface area contributed by atoms with Gasteiger partial charge >= 0.3 is 6.03 Å². The summed E-state index contributed by atoms with van der Waals surface area (Å²) in [5, 5.41) is 3.72. The molecule has 1 aliphatic heterocycles.